The number of halogens is 3. The number of rotatable bonds is 10. The van der Waals surface area contributed by atoms with Gasteiger partial charge in [0.15, 0.2) is 0 Å². The highest BCUT2D eigenvalue weighted by atomic mass is 32.1. The number of thiazole rings is 1. The van der Waals surface area contributed by atoms with E-state index in [1.165, 1.54) is 37.4 Å². The van der Waals surface area contributed by atoms with Crippen molar-refractivity contribution in [1.29, 1.82) is 0 Å². The number of benzene rings is 1. The molecule has 35 heavy (non-hydrogen) atoms. The highest BCUT2D eigenvalue weighted by Crippen LogP contribution is 2.30. The molecular formula is C23H28F3N5O3S. The van der Waals surface area contributed by atoms with E-state index in [2.05, 4.69) is 25.9 Å². The molecule has 1 aromatic carbocycles. The molecule has 0 aliphatic carbocycles. The summed E-state index contributed by atoms with van der Waals surface area (Å²) in [5, 5.41) is 27.4. The van der Waals surface area contributed by atoms with Gasteiger partial charge in [-0.15, -0.1) is 11.3 Å². The molecule has 0 bridgehead atoms. The molecule has 2 aromatic heterocycles. The summed E-state index contributed by atoms with van der Waals surface area (Å²) >= 11 is 1.45. The topological polar surface area (TPSA) is 119 Å². The Morgan fingerprint density at radius 2 is 1.86 bits per heavy atom. The summed E-state index contributed by atoms with van der Waals surface area (Å²) in [6.45, 7) is 3.03. The first-order valence-corrected chi connectivity index (χ1v) is 11.6. The standard InChI is InChI=1S/C23H28F3N5O3S/c1-21(2,33)18(24)10-28-20(32)14-9-27-19(8-16(14)29-11-23(25,26)22(3,4)34)31-13-5-6-15-17(7-13)35-12-30-15/h5-9,12,18,33-34H,10-11H2,1-4H3,(H,28,32)(H2,27,29,31)/t18-/m1/s1. The van der Waals surface area contributed by atoms with Crippen molar-refractivity contribution >= 4 is 44.7 Å². The van der Waals surface area contributed by atoms with Crippen molar-refractivity contribution in [2.24, 2.45) is 0 Å². The molecule has 1 atom stereocenters. The molecular weight excluding hydrogens is 483 g/mol. The van der Waals surface area contributed by atoms with Gasteiger partial charge in [-0.1, -0.05) is 0 Å². The fourth-order valence-corrected chi connectivity index (χ4v) is 3.60. The molecule has 5 N–H and O–H groups in total. The van der Waals surface area contributed by atoms with Crippen LogP contribution in [0.15, 0.2) is 36.0 Å². The zero-order valence-electron chi connectivity index (χ0n) is 19.7. The lowest BCUT2D eigenvalue weighted by Gasteiger charge is -2.29. The van der Waals surface area contributed by atoms with Crippen LogP contribution in [0.5, 0.6) is 0 Å². The van der Waals surface area contributed by atoms with Crippen molar-refractivity contribution < 1.29 is 28.2 Å². The van der Waals surface area contributed by atoms with Crippen LogP contribution in [0.2, 0.25) is 0 Å². The number of hydrogen-bond acceptors (Lipinski definition) is 8. The van der Waals surface area contributed by atoms with E-state index in [4.69, 9.17) is 0 Å². The first-order chi connectivity index (χ1) is 16.2. The van der Waals surface area contributed by atoms with Crippen molar-refractivity contribution in [2.45, 2.75) is 51.0 Å². The molecule has 1 amide bonds. The number of anilines is 3. The molecule has 190 valence electrons. The van der Waals surface area contributed by atoms with Gasteiger partial charge in [0, 0.05) is 18.0 Å². The quantitative estimate of drug-likeness (QED) is 0.278. The lowest BCUT2D eigenvalue weighted by atomic mass is 10.0. The minimum Gasteiger partial charge on any atom is -0.387 e. The summed E-state index contributed by atoms with van der Waals surface area (Å²) in [7, 11) is 0. The van der Waals surface area contributed by atoms with Gasteiger partial charge in [-0.2, -0.15) is 0 Å². The van der Waals surface area contributed by atoms with Crippen molar-refractivity contribution in [3.8, 4) is 0 Å². The monoisotopic (exact) mass is 511 g/mol. The van der Waals surface area contributed by atoms with Crippen LogP contribution in [0.25, 0.3) is 10.2 Å². The van der Waals surface area contributed by atoms with E-state index in [-0.39, 0.29) is 17.1 Å². The van der Waals surface area contributed by atoms with E-state index in [1.54, 1.807) is 11.6 Å². The van der Waals surface area contributed by atoms with Crippen molar-refractivity contribution in [2.75, 3.05) is 23.7 Å². The van der Waals surface area contributed by atoms with Crippen LogP contribution in [-0.2, 0) is 0 Å². The van der Waals surface area contributed by atoms with Gasteiger partial charge in [0.05, 0.1) is 45.7 Å². The maximum atomic E-state index is 14.4. The van der Waals surface area contributed by atoms with Gasteiger partial charge in [-0.25, -0.2) is 23.1 Å². The number of aromatic nitrogens is 2. The van der Waals surface area contributed by atoms with Gasteiger partial charge in [0.2, 0.25) is 0 Å². The SMILES string of the molecule is CC(C)(O)[C@H](F)CNC(=O)c1cnc(Nc2ccc3ncsc3c2)cc1NCC(F)(F)C(C)(C)O. The largest absolute Gasteiger partial charge is 0.387 e. The number of aliphatic hydroxyl groups is 2. The van der Waals surface area contributed by atoms with Gasteiger partial charge in [0.25, 0.3) is 11.8 Å². The molecule has 12 heteroatoms. The Hall–Kier alpha value is -2.96. The molecule has 2 heterocycles. The van der Waals surface area contributed by atoms with Gasteiger partial charge in [-0.05, 0) is 45.9 Å². The van der Waals surface area contributed by atoms with Crippen LogP contribution in [0.1, 0.15) is 38.1 Å². The second-order valence-electron chi connectivity index (χ2n) is 9.22. The van der Waals surface area contributed by atoms with Crippen LogP contribution in [0.3, 0.4) is 0 Å². The van der Waals surface area contributed by atoms with Crippen LogP contribution < -0.4 is 16.0 Å². The highest BCUT2D eigenvalue weighted by Gasteiger charge is 2.45. The molecule has 0 spiro atoms. The number of nitrogens with zero attached hydrogens (tertiary/aromatic N) is 2. The van der Waals surface area contributed by atoms with Gasteiger partial charge < -0.3 is 26.2 Å². The average Bonchev–Trinajstić information content (AvgIpc) is 3.22. The highest BCUT2D eigenvalue weighted by molar-refractivity contribution is 7.16. The fraction of sp³-hybridized carbons (Fsp3) is 0.435. The molecule has 0 radical (unpaired) electrons. The Balaban J connectivity index is 1.85. The zero-order valence-corrected chi connectivity index (χ0v) is 20.5. The van der Waals surface area contributed by atoms with Crippen LogP contribution in [0, 0.1) is 0 Å². The summed E-state index contributed by atoms with van der Waals surface area (Å²) in [5.74, 6) is -4.03. The molecule has 0 aliphatic heterocycles. The molecule has 3 aromatic rings. The smallest absolute Gasteiger partial charge is 0.292 e. The number of hydrogen-bond donors (Lipinski definition) is 5. The third-order valence-corrected chi connectivity index (χ3v) is 6.15. The first kappa shape index (κ1) is 26.6. The molecule has 0 unspecified atom stereocenters. The number of fused-ring (bicyclic) bond motifs is 1. The summed E-state index contributed by atoms with van der Waals surface area (Å²) in [4.78, 5) is 21.1. The van der Waals surface area contributed by atoms with Crippen molar-refractivity contribution in [1.82, 2.24) is 15.3 Å². The van der Waals surface area contributed by atoms with E-state index in [0.717, 1.165) is 24.1 Å². The van der Waals surface area contributed by atoms with Crippen molar-refractivity contribution in [3.05, 3.63) is 41.5 Å². The molecule has 0 saturated carbocycles. The van der Waals surface area contributed by atoms with E-state index in [0.29, 0.717) is 5.69 Å². The van der Waals surface area contributed by atoms with Crippen LogP contribution in [-0.4, -0.2) is 62.5 Å². The molecule has 0 saturated heterocycles. The zero-order chi connectivity index (χ0) is 26.0. The van der Waals surface area contributed by atoms with Gasteiger partial charge in [-0.3, -0.25) is 4.79 Å². The Morgan fingerprint density at radius 1 is 1.14 bits per heavy atom. The Labute approximate surface area is 204 Å². The first-order valence-electron chi connectivity index (χ1n) is 10.8. The fourth-order valence-electron chi connectivity index (χ4n) is 2.88. The molecule has 0 fully saturated rings. The Morgan fingerprint density at radius 3 is 2.51 bits per heavy atom. The summed E-state index contributed by atoms with van der Waals surface area (Å²) in [6, 6.07) is 6.81. The third kappa shape index (κ3) is 6.59. The molecule has 8 nitrogen and oxygen atoms in total. The molecule has 0 aliphatic rings. The second kappa shape index (κ2) is 9.96. The number of carbonyl (C=O) groups is 1. The number of pyridine rings is 1. The van der Waals surface area contributed by atoms with E-state index in [1.807, 2.05) is 12.1 Å². The second-order valence-corrected chi connectivity index (χ2v) is 10.1. The van der Waals surface area contributed by atoms with Gasteiger partial charge >= 0.3 is 0 Å². The lowest BCUT2D eigenvalue weighted by molar-refractivity contribution is -0.151. The summed E-state index contributed by atoms with van der Waals surface area (Å²) in [5.41, 5.74) is -0.878. The predicted octanol–water partition coefficient (Wildman–Crippen LogP) is 4.09. The maximum absolute atomic E-state index is 14.4. The Kier molecular flexibility index (Phi) is 7.58. The summed E-state index contributed by atoms with van der Waals surface area (Å²) in [6.07, 6.45) is -0.580. The lowest BCUT2D eigenvalue weighted by Crippen LogP contribution is -2.47. The molecule has 3 rings (SSSR count). The Bertz CT molecular complexity index is 1190. The minimum atomic E-state index is -3.53. The maximum Gasteiger partial charge on any atom is 0.292 e. The summed E-state index contributed by atoms with van der Waals surface area (Å²) < 4.78 is 43.8. The van der Waals surface area contributed by atoms with Crippen LogP contribution in [0.4, 0.5) is 30.4 Å². The number of amides is 1. The number of carbonyl (C=O) groups excluding carboxylic acids is 1. The normalized spacial score (nSPS) is 13.5. The van der Waals surface area contributed by atoms with E-state index >= 15 is 0 Å². The van der Waals surface area contributed by atoms with Crippen molar-refractivity contribution in [3.63, 3.8) is 0 Å². The number of nitrogens with one attached hydrogen (secondary N) is 3. The van der Waals surface area contributed by atoms with E-state index in [9.17, 15) is 28.2 Å². The van der Waals surface area contributed by atoms with Gasteiger partial charge in [0.1, 0.15) is 17.6 Å². The van der Waals surface area contributed by atoms with Crippen LogP contribution >= 0.6 is 11.3 Å². The van der Waals surface area contributed by atoms with E-state index < -0.39 is 42.3 Å². The average molecular weight is 512 g/mol. The number of alkyl halides is 3. The third-order valence-electron chi connectivity index (χ3n) is 5.36. The minimum absolute atomic E-state index is 0.00135. The predicted molar refractivity (Wildman–Crippen MR) is 130 cm³/mol.